The Hall–Kier alpha value is -1.27. The van der Waals surface area contributed by atoms with Crippen LogP contribution < -0.4 is 5.32 Å². The van der Waals surface area contributed by atoms with E-state index in [1.165, 1.54) is 11.3 Å². The molecule has 0 atom stereocenters. The van der Waals surface area contributed by atoms with Crippen LogP contribution in [0.2, 0.25) is 0 Å². The first kappa shape index (κ1) is 13.2. The Morgan fingerprint density at radius 3 is 2.50 bits per heavy atom. The molecule has 0 unspecified atom stereocenters. The Morgan fingerprint density at radius 2 is 2.00 bits per heavy atom. The molecule has 0 saturated heterocycles. The lowest BCUT2D eigenvalue weighted by Crippen LogP contribution is -2.11. The van der Waals surface area contributed by atoms with Crippen molar-refractivity contribution in [2.24, 2.45) is 0 Å². The molecule has 0 radical (unpaired) electrons. The van der Waals surface area contributed by atoms with Crippen molar-refractivity contribution in [2.45, 2.75) is 33.6 Å². The Balaban J connectivity index is 2.13. The van der Waals surface area contributed by atoms with Gasteiger partial charge >= 0.3 is 0 Å². The SMILES string of the molecule is Cc1cc(C(=O)Nc2nnc(C(C)C)s2)c(C)s1. The average molecular weight is 281 g/mol. The molecular weight excluding hydrogens is 266 g/mol. The van der Waals surface area contributed by atoms with E-state index < -0.39 is 0 Å². The number of anilines is 1. The fourth-order valence-corrected chi connectivity index (χ4v) is 3.20. The summed E-state index contributed by atoms with van der Waals surface area (Å²) < 4.78 is 0. The highest BCUT2D eigenvalue weighted by Gasteiger charge is 2.15. The van der Waals surface area contributed by atoms with Crippen LogP contribution >= 0.6 is 22.7 Å². The van der Waals surface area contributed by atoms with E-state index in [0.29, 0.717) is 11.0 Å². The van der Waals surface area contributed by atoms with Crippen LogP contribution in [0.3, 0.4) is 0 Å². The summed E-state index contributed by atoms with van der Waals surface area (Å²) >= 11 is 3.05. The van der Waals surface area contributed by atoms with Crippen molar-refractivity contribution >= 4 is 33.7 Å². The second-order valence-corrected chi connectivity index (χ2v) is 6.85. The maximum absolute atomic E-state index is 12.1. The average Bonchev–Trinajstić information content (AvgIpc) is 2.85. The molecule has 2 aromatic heterocycles. The number of aromatic nitrogens is 2. The summed E-state index contributed by atoms with van der Waals surface area (Å²) in [6, 6.07) is 1.90. The number of thiophene rings is 1. The van der Waals surface area contributed by atoms with Crippen LogP contribution in [0.1, 0.15) is 44.9 Å². The zero-order chi connectivity index (χ0) is 13.3. The molecule has 0 bridgehead atoms. The van der Waals surface area contributed by atoms with Gasteiger partial charge in [0.05, 0.1) is 5.56 Å². The molecule has 6 heteroatoms. The van der Waals surface area contributed by atoms with Gasteiger partial charge in [0.2, 0.25) is 5.13 Å². The van der Waals surface area contributed by atoms with Crippen LogP contribution in [0.4, 0.5) is 5.13 Å². The standard InChI is InChI=1S/C12H15N3OS2/c1-6(2)11-14-15-12(18-11)13-10(16)9-5-7(3)17-8(9)4/h5-6H,1-4H3,(H,13,15,16). The third kappa shape index (κ3) is 2.76. The number of carbonyl (C=O) groups is 1. The monoisotopic (exact) mass is 281 g/mol. The van der Waals surface area contributed by atoms with E-state index in [1.807, 2.05) is 19.9 Å². The Bertz CT molecular complexity index is 572. The van der Waals surface area contributed by atoms with Crippen LogP contribution in [-0.2, 0) is 0 Å². The van der Waals surface area contributed by atoms with Crippen LogP contribution in [0, 0.1) is 13.8 Å². The lowest BCUT2D eigenvalue weighted by molar-refractivity contribution is 0.102. The molecule has 1 N–H and O–H groups in total. The van der Waals surface area contributed by atoms with Crippen LogP contribution in [0.15, 0.2) is 6.07 Å². The van der Waals surface area contributed by atoms with E-state index >= 15 is 0 Å². The lowest BCUT2D eigenvalue weighted by Gasteiger charge is -1.99. The fraction of sp³-hybridized carbons (Fsp3) is 0.417. The van der Waals surface area contributed by atoms with Gasteiger partial charge in [0.1, 0.15) is 5.01 Å². The number of nitrogens with zero attached hydrogens (tertiary/aromatic N) is 2. The number of rotatable bonds is 3. The van der Waals surface area contributed by atoms with Gasteiger partial charge in [-0.2, -0.15) is 0 Å². The minimum atomic E-state index is -0.108. The largest absolute Gasteiger partial charge is 0.296 e. The molecule has 1 amide bonds. The molecule has 2 aromatic rings. The molecule has 2 heterocycles. The summed E-state index contributed by atoms with van der Waals surface area (Å²) in [6.07, 6.45) is 0. The first-order valence-electron chi connectivity index (χ1n) is 5.69. The summed E-state index contributed by atoms with van der Waals surface area (Å²) in [4.78, 5) is 14.2. The van der Waals surface area contributed by atoms with E-state index in [9.17, 15) is 4.79 Å². The smallest absolute Gasteiger partial charge is 0.258 e. The molecule has 2 rings (SSSR count). The first-order valence-corrected chi connectivity index (χ1v) is 7.32. The molecule has 0 aromatic carbocycles. The molecule has 0 aliphatic rings. The van der Waals surface area contributed by atoms with Gasteiger partial charge in [-0.3, -0.25) is 10.1 Å². The number of aryl methyl sites for hydroxylation is 2. The highest BCUT2D eigenvalue weighted by molar-refractivity contribution is 7.15. The second kappa shape index (κ2) is 5.16. The van der Waals surface area contributed by atoms with E-state index in [2.05, 4.69) is 29.4 Å². The topological polar surface area (TPSA) is 54.9 Å². The zero-order valence-electron chi connectivity index (χ0n) is 10.8. The highest BCUT2D eigenvalue weighted by atomic mass is 32.1. The number of nitrogens with one attached hydrogen (secondary N) is 1. The van der Waals surface area contributed by atoms with Crippen molar-refractivity contribution in [3.8, 4) is 0 Å². The summed E-state index contributed by atoms with van der Waals surface area (Å²) in [5.41, 5.74) is 0.721. The van der Waals surface area contributed by atoms with Gasteiger partial charge in [0, 0.05) is 15.7 Å². The molecule has 0 spiro atoms. The molecular formula is C12H15N3OS2. The summed E-state index contributed by atoms with van der Waals surface area (Å²) in [5, 5.41) is 12.3. The zero-order valence-corrected chi connectivity index (χ0v) is 12.4. The van der Waals surface area contributed by atoms with Gasteiger partial charge in [-0.25, -0.2) is 0 Å². The highest BCUT2D eigenvalue weighted by Crippen LogP contribution is 2.25. The van der Waals surface area contributed by atoms with E-state index in [-0.39, 0.29) is 5.91 Å². The normalized spacial score (nSPS) is 10.9. The van der Waals surface area contributed by atoms with Crippen molar-refractivity contribution in [3.63, 3.8) is 0 Å². The van der Waals surface area contributed by atoms with Gasteiger partial charge in [-0.1, -0.05) is 25.2 Å². The minimum absolute atomic E-state index is 0.108. The van der Waals surface area contributed by atoms with Crippen molar-refractivity contribution < 1.29 is 4.79 Å². The summed E-state index contributed by atoms with van der Waals surface area (Å²) in [7, 11) is 0. The molecule has 0 aliphatic heterocycles. The van der Waals surface area contributed by atoms with Gasteiger partial charge in [-0.15, -0.1) is 21.5 Å². The van der Waals surface area contributed by atoms with Crippen LogP contribution in [0.25, 0.3) is 0 Å². The Labute approximate surface area is 114 Å². The number of hydrogen-bond acceptors (Lipinski definition) is 5. The Kier molecular flexibility index (Phi) is 3.77. The maximum Gasteiger partial charge on any atom is 0.258 e. The van der Waals surface area contributed by atoms with Crippen molar-refractivity contribution in [3.05, 3.63) is 26.4 Å². The number of hydrogen-bond donors (Lipinski definition) is 1. The summed E-state index contributed by atoms with van der Waals surface area (Å²) in [5.74, 6) is 0.224. The van der Waals surface area contributed by atoms with Crippen molar-refractivity contribution in [2.75, 3.05) is 5.32 Å². The van der Waals surface area contributed by atoms with Crippen LogP contribution in [-0.4, -0.2) is 16.1 Å². The predicted molar refractivity (Wildman–Crippen MR) is 75.7 cm³/mol. The molecule has 0 aliphatic carbocycles. The van der Waals surface area contributed by atoms with Gasteiger partial charge < -0.3 is 0 Å². The lowest BCUT2D eigenvalue weighted by atomic mass is 10.2. The predicted octanol–water partition coefficient (Wildman–Crippen LogP) is 3.59. The molecule has 18 heavy (non-hydrogen) atoms. The van der Waals surface area contributed by atoms with E-state index in [1.54, 1.807) is 11.3 Å². The van der Waals surface area contributed by atoms with E-state index in [0.717, 1.165) is 20.3 Å². The fourth-order valence-electron chi connectivity index (χ4n) is 1.54. The quantitative estimate of drug-likeness (QED) is 0.935. The van der Waals surface area contributed by atoms with Crippen LogP contribution in [0.5, 0.6) is 0 Å². The molecule has 0 fully saturated rings. The molecule has 96 valence electrons. The molecule has 4 nitrogen and oxygen atoms in total. The van der Waals surface area contributed by atoms with Gasteiger partial charge in [0.25, 0.3) is 5.91 Å². The number of amides is 1. The number of carbonyl (C=O) groups excluding carboxylic acids is 1. The molecule has 0 saturated carbocycles. The minimum Gasteiger partial charge on any atom is -0.296 e. The maximum atomic E-state index is 12.1. The van der Waals surface area contributed by atoms with Crippen molar-refractivity contribution in [1.29, 1.82) is 0 Å². The summed E-state index contributed by atoms with van der Waals surface area (Å²) in [6.45, 7) is 8.06. The van der Waals surface area contributed by atoms with E-state index in [4.69, 9.17) is 0 Å². The first-order chi connectivity index (χ1) is 8.47. The van der Waals surface area contributed by atoms with Gasteiger partial charge in [-0.05, 0) is 19.9 Å². The third-order valence-corrected chi connectivity index (χ3v) is 4.55. The second-order valence-electron chi connectivity index (χ2n) is 4.38. The third-order valence-electron chi connectivity index (χ3n) is 2.44. The van der Waals surface area contributed by atoms with Crippen molar-refractivity contribution in [1.82, 2.24) is 10.2 Å². The van der Waals surface area contributed by atoms with Gasteiger partial charge in [0.15, 0.2) is 0 Å². The Morgan fingerprint density at radius 1 is 1.28 bits per heavy atom.